The number of allylic oxidation sites excluding steroid dienone is 1. The summed E-state index contributed by atoms with van der Waals surface area (Å²) in [5.41, 5.74) is 1.94. The molecule has 0 unspecified atom stereocenters. The van der Waals surface area contributed by atoms with E-state index in [1.807, 2.05) is 0 Å². The van der Waals surface area contributed by atoms with Crippen LogP contribution in [0.5, 0.6) is 0 Å². The van der Waals surface area contributed by atoms with E-state index < -0.39 is 5.97 Å². The third kappa shape index (κ3) is 2.66. The number of aryl methyl sites for hydroxylation is 1. The molecule has 5 nitrogen and oxygen atoms in total. The minimum atomic E-state index is -1.02. The lowest BCUT2D eigenvalue weighted by Crippen LogP contribution is -2.00. The second kappa shape index (κ2) is 5.52. The molecule has 0 amide bonds. The molecule has 5 heteroatoms. The van der Waals surface area contributed by atoms with Gasteiger partial charge in [-0.25, -0.2) is 4.79 Å². The SMILES string of the molecule is Cc1c(C(=O)C=Cc2ccccc2C(=O)O)cnn1C. The van der Waals surface area contributed by atoms with Crippen molar-refractivity contribution in [2.75, 3.05) is 0 Å². The molecule has 0 fully saturated rings. The molecule has 0 bridgehead atoms. The van der Waals surface area contributed by atoms with E-state index in [2.05, 4.69) is 5.10 Å². The summed E-state index contributed by atoms with van der Waals surface area (Å²) < 4.78 is 1.62. The van der Waals surface area contributed by atoms with E-state index in [1.54, 1.807) is 36.9 Å². The number of nitrogens with zero attached hydrogens (tertiary/aromatic N) is 2. The lowest BCUT2D eigenvalue weighted by Gasteiger charge is -2.00. The molecule has 1 heterocycles. The Morgan fingerprint density at radius 3 is 2.55 bits per heavy atom. The molecule has 0 saturated heterocycles. The van der Waals surface area contributed by atoms with Gasteiger partial charge in [0.1, 0.15) is 0 Å². The normalized spacial score (nSPS) is 10.9. The molecule has 0 aliphatic carbocycles. The van der Waals surface area contributed by atoms with Crippen LogP contribution in [0.25, 0.3) is 6.08 Å². The Labute approximate surface area is 116 Å². The van der Waals surface area contributed by atoms with E-state index in [0.29, 0.717) is 11.1 Å². The summed E-state index contributed by atoms with van der Waals surface area (Å²) in [5, 5.41) is 13.1. The molecule has 1 aromatic heterocycles. The Balaban J connectivity index is 2.28. The number of carbonyl (C=O) groups is 2. The van der Waals surface area contributed by atoms with Gasteiger partial charge in [0.25, 0.3) is 0 Å². The number of hydrogen-bond acceptors (Lipinski definition) is 3. The fourth-order valence-electron chi connectivity index (χ4n) is 1.83. The Hall–Kier alpha value is -2.69. The van der Waals surface area contributed by atoms with Crippen LogP contribution in [0, 0.1) is 6.92 Å². The third-order valence-electron chi connectivity index (χ3n) is 3.11. The molecule has 1 N–H and O–H groups in total. The summed E-state index contributed by atoms with van der Waals surface area (Å²) in [7, 11) is 1.76. The van der Waals surface area contributed by atoms with Crippen molar-refractivity contribution < 1.29 is 14.7 Å². The number of aromatic carboxylic acids is 1. The van der Waals surface area contributed by atoms with E-state index in [9.17, 15) is 9.59 Å². The summed E-state index contributed by atoms with van der Waals surface area (Å²) in [5.74, 6) is -1.22. The van der Waals surface area contributed by atoms with Crippen LogP contribution in [0.2, 0.25) is 0 Å². The number of carboxylic acid groups (broad SMARTS) is 1. The van der Waals surface area contributed by atoms with Crippen LogP contribution in [0.4, 0.5) is 0 Å². The van der Waals surface area contributed by atoms with Gasteiger partial charge in [-0.15, -0.1) is 0 Å². The van der Waals surface area contributed by atoms with Crippen LogP contribution >= 0.6 is 0 Å². The molecule has 1 aromatic carbocycles. The maximum absolute atomic E-state index is 12.0. The van der Waals surface area contributed by atoms with Crippen LogP contribution in [0.1, 0.15) is 32.0 Å². The lowest BCUT2D eigenvalue weighted by atomic mass is 10.1. The average Bonchev–Trinajstić information content (AvgIpc) is 2.76. The highest BCUT2D eigenvalue weighted by molar-refractivity contribution is 6.08. The Morgan fingerprint density at radius 2 is 1.95 bits per heavy atom. The van der Waals surface area contributed by atoms with Gasteiger partial charge >= 0.3 is 5.97 Å². The minimum absolute atomic E-state index is 0.166. The Kier molecular flexibility index (Phi) is 3.79. The predicted molar refractivity (Wildman–Crippen MR) is 74.7 cm³/mol. The van der Waals surface area contributed by atoms with Crippen molar-refractivity contribution in [2.24, 2.45) is 7.05 Å². The van der Waals surface area contributed by atoms with Gasteiger partial charge in [0.05, 0.1) is 17.3 Å². The second-order valence-electron chi connectivity index (χ2n) is 4.36. The van der Waals surface area contributed by atoms with Crippen molar-refractivity contribution >= 4 is 17.8 Å². The maximum Gasteiger partial charge on any atom is 0.336 e. The van der Waals surface area contributed by atoms with Gasteiger partial charge in [-0.1, -0.05) is 24.3 Å². The smallest absolute Gasteiger partial charge is 0.336 e. The standard InChI is InChI=1S/C15H14N2O3/c1-10-13(9-16-17(10)2)14(18)8-7-11-5-3-4-6-12(11)15(19)20/h3-9H,1-2H3,(H,19,20). The highest BCUT2D eigenvalue weighted by atomic mass is 16.4. The zero-order chi connectivity index (χ0) is 14.7. The zero-order valence-electron chi connectivity index (χ0n) is 11.2. The van der Waals surface area contributed by atoms with Gasteiger partial charge in [0, 0.05) is 12.7 Å². The Morgan fingerprint density at radius 1 is 1.25 bits per heavy atom. The lowest BCUT2D eigenvalue weighted by molar-refractivity contribution is 0.0696. The first-order chi connectivity index (χ1) is 9.50. The quantitative estimate of drug-likeness (QED) is 0.683. The highest BCUT2D eigenvalue weighted by Crippen LogP contribution is 2.13. The van der Waals surface area contributed by atoms with E-state index in [0.717, 1.165) is 5.69 Å². The Bertz CT molecular complexity index is 699. The zero-order valence-corrected chi connectivity index (χ0v) is 11.2. The molecule has 0 atom stereocenters. The van der Waals surface area contributed by atoms with Crippen molar-refractivity contribution in [1.29, 1.82) is 0 Å². The van der Waals surface area contributed by atoms with Crippen LogP contribution < -0.4 is 0 Å². The van der Waals surface area contributed by atoms with Crippen LogP contribution in [0.15, 0.2) is 36.5 Å². The number of ketones is 1. The first-order valence-corrected chi connectivity index (χ1v) is 6.04. The van der Waals surface area contributed by atoms with Crippen molar-refractivity contribution in [2.45, 2.75) is 6.92 Å². The predicted octanol–water partition coefficient (Wildman–Crippen LogP) is 2.32. The molecule has 0 radical (unpaired) electrons. The average molecular weight is 270 g/mol. The van der Waals surface area contributed by atoms with Crippen molar-refractivity contribution in [3.8, 4) is 0 Å². The van der Waals surface area contributed by atoms with E-state index in [4.69, 9.17) is 5.11 Å². The number of carbonyl (C=O) groups excluding carboxylic acids is 1. The van der Waals surface area contributed by atoms with Crippen molar-refractivity contribution in [1.82, 2.24) is 9.78 Å². The number of carboxylic acids is 1. The van der Waals surface area contributed by atoms with Gasteiger partial charge in [0.2, 0.25) is 0 Å². The summed E-state index contributed by atoms with van der Waals surface area (Å²) >= 11 is 0. The van der Waals surface area contributed by atoms with Crippen LogP contribution in [-0.4, -0.2) is 26.6 Å². The molecule has 0 saturated carbocycles. The molecule has 0 aliphatic heterocycles. The number of hydrogen-bond donors (Lipinski definition) is 1. The van der Waals surface area contributed by atoms with Gasteiger partial charge in [-0.05, 0) is 24.6 Å². The molecular formula is C15H14N2O3. The summed E-state index contributed by atoms with van der Waals surface area (Å²) in [4.78, 5) is 23.1. The molecule has 2 aromatic rings. The van der Waals surface area contributed by atoms with Crippen molar-refractivity contribution in [3.05, 3.63) is 58.9 Å². The van der Waals surface area contributed by atoms with Crippen LogP contribution in [0.3, 0.4) is 0 Å². The summed E-state index contributed by atoms with van der Waals surface area (Å²) in [6, 6.07) is 6.53. The monoisotopic (exact) mass is 270 g/mol. The summed E-state index contributed by atoms with van der Waals surface area (Å²) in [6.07, 6.45) is 4.38. The van der Waals surface area contributed by atoms with Gasteiger partial charge in [-0.3, -0.25) is 9.48 Å². The van der Waals surface area contributed by atoms with E-state index in [1.165, 1.54) is 24.4 Å². The van der Waals surface area contributed by atoms with Gasteiger partial charge < -0.3 is 5.11 Å². The molecule has 102 valence electrons. The second-order valence-corrected chi connectivity index (χ2v) is 4.36. The minimum Gasteiger partial charge on any atom is -0.478 e. The van der Waals surface area contributed by atoms with Crippen molar-refractivity contribution in [3.63, 3.8) is 0 Å². The molecule has 0 spiro atoms. The number of aromatic nitrogens is 2. The first-order valence-electron chi connectivity index (χ1n) is 6.04. The molecular weight excluding hydrogens is 256 g/mol. The number of rotatable bonds is 4. The van der Waals surface area contributed by atoms with Crippen LogP contribution in [-0.2, 0) is 7.05 Å². The van der Waals surface area contributed by atoms with Gasteiger partial charge in [-0.2, -0.15) is 5.10 Å². The molecule has 20 heavy (non-hydrogen) atoms. The third-order valence-corrected chi connectivity index (χ3v) is 3.11. The summed E-state index contributed by atoms with van der Waals surface area (Å²) in [6.45, 7) is 1.80. The largest absolute Gasteiger partial charge is 0.478 e. The topological polar surface area (TPSA) is 72.2 Å². The van der Waals surface area contributed by atoms with Gasteiger partial charge in [0.15, 0.2) is 5.78 Å². The fourth-order valence-corrected chi connectivity index (χ4v) is 1.83. The maximum atomic E-state index is 12.0. The van der Waals surface area contributed by atoms with E-state index >= 15 is 0 Å². The first kappa shape index (κ1) is 13.7. The fraction of sp³-hybridized carbons (Fsp3) is 0.133. The molecule has 2 rings (SSSR count). The molecule has 0 aliphatic rings. The van der Waals surface area contributed by atoms with E-state index in [-0.39, 0.29) is 11.3 Å². The number of benzene rings is 1. The highest BCUT2D eigenvalue weighted by Gasteiger charge is 2.11.